The van der Waals surface area contributed by atoms with Crippen molar-refractivity contribution in [3.05, 3.63) is 11.7 Å². The number of hydrogen-bond acceptors (Lipinski definition) is 4. The van der Waals surface area contributed by atoms with Crippen molar-refractivity contribution < 1.29 is 4.52 Å². The summed E-state index contributed by atoms with van der Waals surface area (Å²) in [5.74, 6) is 3.11. The number of nitrogens with one attached hydrogen (secondary N) is 1. The number of rotatable bonds is 6. The minimum atomic E-state index is 0.528. The quantitative estimate of drug-likeness (QED) is 0.790. The molecule has 4 nitrogen and oxygen atoms in total. The maximum Gasteiger partial charge on any atom is 0.227 e. The molecule has 1 aromatic heterocycles. The topological polar surface area (TPSA) is 51.0 Å². The Kier molecular flexibility index (Phi) is 5.17. The van der Waals surface area contributed by atoms with Gasteiger partial charge >= 0.3 is 0 Å². The van der Waals surface area contributed by atoms with Crippen molar-refractivity contribution in [1.82, 2.24) is 15.5 Å². The highest BCUT2D eigenvalue weighted by molar-refractivity contribution is 4.98. The van der Waals surface area contributed by atoms with Gasteiger partial charge in [0.25, 0.3) is 0 Å². The van der Waals surface area contributed by atoms with E-state index in [1.54, 1.807) is 0 Å². The molecule has 0 spiro atoms. The molecule has 1 saturated carbocycles. The Hall–Kier alpha value is -0.900. The van der Waals surface area contributed by atoms with Crippen LogP contribution in [0.25, 0.3) is 0 Å². The number of aromatic nitrogens is 2. The molecule has 1 heterocycles. The second-order valence-electron chi connectivity index (χ2n) is 5.29. The first-order chi connectivity index (χ1) is 8.83. The van der Waals surface area contributed by atoms with Gasteiger partial charge in [-0.25, -0.2) is 0 Å². The Bertz CT molecular complexity index is 351. The second kappa shape index (κ2) is 6.88. The normalized spacial score (nSPS) is 24.3. The summed E-state index contributed by atoms with van der Waals surface area (Å²) in [6, 6.07) is 0. The number of likely N-dealkylation sites (N-methyl/N-ethyl adjacent to an activating group) is 1. The number of hydrogen-bond donors (Lipinski definition) is 1. The molecule has 0 bridgehead atoms. The fourth-order valence-electron chi connectivity index (χ4n) is 2.80. The molecular formula is C14H25N3O. The molecule has 0 saturated heterocycles. The van der Waals surface area contributed by atoms with Crippen molar-refractivity contribution in [2.45, 2.75) is 58.3 Å². The van der Waals surface area contributed by atoms with Crippen LogP contribution in [-0.4, -0.2) is 23.2 Å². The van der Waals surface area contributed by atoms with Gasteiger partial charge in [0.2, 0.25) is 5.89 Å². The van der Waals surface area contributed by atoms with E-state index in [0.29, 0.717) is 5.92 Å². The maximum atomic E-state index is 5.33. The van der Waals surface area contributed by atoms with Gasteiger partial charge in [-0.1, -0.05) is 38.3 Å². The molecule has 0 aliphatic heterocycles. The first-order valence-electron chi connectivity index (χ1n) is 7.36. The van der Waals surface area contributed by atoms with E-state index < -0.39 is 0 Å². The molecule has 1 N–H and O–H groups in total. The third-order valence-corrected chi connectivity index (χ3v) is 3.97. The Morgan fingerprint density at radius 3 is 3.00 bits per heavy atom. The molecular weight excluding hydrogens is 226 g/mol. The highest BCUT2D eigenvalue weighted by Gasteiger charge is 2.25. The van der Waals surface area contributed by atoms with Crippen molar-refractivity contribution in [3.8, 4) is 0 Å². The van der Waals surface area contributed by atoms with E-state index >= 15 is 0 Å². The SMILES string of the molecule is CCNCCc1nc(C2CCCC(CC)C2)no1. The zero-order valence-electron chi connectivity index (χ0n) is 11.6. The second-order valence-corrected chi connectivity index (χ2v) is 5.29. The van der Waals surface area contributed by atoms with E-state index in [-0.39, 0.29) is 0 Å². The molecule has 102 valence electrons. The van der Waals surface area contributed by atoms with E-state index in [2.05, 4.69) is 29.3 Å². The molecule has 2 atom stereocenters. The van der Waals surface area contributed by atoms with Crippen molar-refractivity contribution in [1.29, 1.82) is 0 Å². The van der Waals surface area contributed by atoms with Crippen LogP contribution >= 0.6 is 0 Å². The summed E-state index contributed by atoms with van der Waals surface area (Å²) in [6.45, 7) is 6.29. The van der Waals surface area contributed by atoms with Gasteiger partial charge in [-0.2, -0.15) is 4.98 Å². The van der Waals surface area contributed by atoms with Crippen molar-refractivity contribution >= 4 is 0 Å². The molecule has 2 rings (SSSR count). The highest BCUT2D eigenvalue weighted by atomic mass is 16.5. The van der Waals surface area contributed by atoms with E-state index in [1.165, 1.54) is 32.1 Å². The molecule has 0 radical (unpaired) electrons. The van der Waals surface area contributed by atoms with Crippen molar-refractivity contribution in [2.24, 2.45) is 5.92 Å². The van der Waals surface area contributed by atoms with Crippen LogP contribution in [0.3, 0.4) is 0 Å². The predicted molar refractivity (Wildman–Crippen MR) is 71.5 cm³/mol. The lowest BCUT2D eigenvalue weighted by atomic mass is 9.80. The Labute approximate surface area is 110 Å². The lowest BCUT2D eigenvalue weighted by Gasteiger charge is -2.26. The summed E-state index contributed by atoms with van der Waals surface area (Å²) in [4.78, 5) is 4.56. The van der Waals surface area contributed by atoms with Crippen LogP contribution in [0.15, 0.2) is 4.52 Å². The third kappa shape index (κ3) is 3.55. The first-order valence-corrected chi connectivity index (χ1v) is 7.36. The maximum absolute atomic E-state index is 5.33. The summed E-state index contributed by atoms with van der Waals surface area (Å²) < 4.78 is 5.33. The summed E-state index contributed by atoms with van der Waals surface area (Å²) in [5, 5.41) is 7.45. The van der Waals surface area contributed by atoms with Gasteiger partial charge in [-0.3, -0.25) is 0 Å². The van der Waals surface area contributed by atoms with Crippen LogP contribution in [-0.2, 0) is 6.42 Å². The molecule has 4 heteroatoms. The lowest BCUT2D eigenvalue weighted by Crippen LogP contribution is -2.16. The molecule has 1 aliphatic rings. The largest absolute Gasteiger partial charge is 0.339 e. The predicted octanol–water partition coefficient (Wildman–Crippen LogP) is 2.91. The minimum Gasteiger partial charge on any atom is -0.339 e. The van der Waals surface area contributed by atoms with Crippen LogP contribution < -0.4 is 5.32 Å². The van der Waals surface area contributed by atoms with Crippen LogP contribution in [0, 0.1) is 5.92 Å². The van der Waals surface area contributed by atoms with E-state index in [9.17, 15) is 0 Å². The smallest absolute Gasteiger partial charge is 0.227 e. The lowest BCUT2D eigenvalue weighted by molar-refractivity contribution is 0.298. The molecule has 0 amide bonds. The molecule has 2 unspecified atom stereocenters. The monoisotopic (exact) mass is 251 g/mol. The third-order valence-electron chi connectivity index (χ3n) is 3.97. The van der Waals surface area contributed by atoms with Gasteiger partial charge in [0, 0.05) is 18.9 Å². The average Bonchev–Trinajstić information content (AvgIpc) is 2.88. The van der Waals surface area contributed by atoms with Gasteiger partial charge in [0.15, 0.2) is 5.82 Å². The summed E-state index contributed by atoms with van der Waals surface area (Å²) in [5.41, 5.74) is 0. The van der Waals surface area contributed by atoms with E-state index in [1.807, 2.05) is 0 Å². The van der Waals surface area contributed by atoms with Gasteiger partial charge in [0.1, 0.15) is 0 Å². The van der Waals surface area contributed by atoms with Crippen LogP contribution in [0.4, 0.5) is 0 Å². The summed E-state index contributed by atoms with van der Waals surface area (Å²) >= 11 is 0. The van der Waals surface area contributed by atoms with E-state index in [0.717, 1.165) is 37.1 Å². The molecule has 18 heavy (non-hydrogen) atoms. The van der Waals surface area contributed by atoms with Crippen molar-refractivity contribution in [2.75, 3.05) is 13.1 Å². The fourth-order valence-corrected chi connectivity index (χ4v) is 2.80. The Balaban J connectivity index is 1.88. The van der Waals surface area contributed by atoms with Crippen LogP contribution in [0.2, 0.25) is 0 Å². The zero-order valence-corrected chi connectivity index (χ0v) is 11.6. The van der Waals surface area contributed by atoms with Crippen molar-refractivity contribution in [3.63, 3.8) is 0 Å². The molecule has 1 fully saturated rings. The zero-order chi connectivity index (χ0) is 12.8. The Morgan fingerprint density at radius 1 is 1.33 bits per heavy atom. The summed E-state index contributed by atoms with van der Waals surface area (Å²) in [7, 11) is 0. The number of nitrogens with zero attached hydrogens (tertiary/aromatic N) is 2. The van der Waals surface area contributed by atoms with E-state index in [4.69, 9.17) is 4.52 Å². The van der Waals surface area contributed by atoms with Crippen LogP contribution in [0.1, 0.15) is 63.6 Å². The minimum absolute atomic E-state index is 0.528. The van der Waals surface area contributed by atoms with Gasteiger partial charge in [-0.15, -0.1) is 0 Å². The molecule has 1 aromatic rings. The fraction of sp³-hybridized carbons (Fsp3) is 0.857. The summed E-state index contributed by atoms with van der Waals surface area (Å²) in [6.07, 6.45) is 7.26. The standard InChI is InChI=1S/C14H25N3O/c1-3-11-6-5-7-12(10-11)14-16-13(18-17-14)8-9-15-4-2/h11-12,15H,3-10H2,1-2H3. The van der Waals surface area contributed by atoms with Gasteiger partial charge < -0.3 is 9.84 Å². The van der Waals surface area contributed by atoms with Crippen LogP contribution in [0.5, 0.6) is 0 Å². The van der Waals surface area contributed by atoms with Gasteiger partial charge in [0.05, 0.1) is 0 Å². The van der Waals surface area contributed by atoms with Gasteiger partial charge in [-0.05, 0) is 25.3 Å². The molecule has 1 aliphatic carbocycles. The molecule has 0 aromatic carbocycles. The first kappa shape index (κ1) is 13.5. The Morgan fingerprint density at radius 2 is 2.22 bits per heavy atom. The average molecular weight is 251 g/mol. The highest BCUT2D eigenvalue weighted by Crippen LogP contribution is 2.36.